The third kappa shape index (κ3) is 4.22. The van der Waals surface area contributed by atoms with Crippen molar-refractivity contribution in [2.45, 2.75) is 26.2 Å². The van der Waals surface area contributed by atoms with Crippen LogP contribution >= 0.6 is 11.6 Å². The molecule has 1 aromatic heterocycles. The fraction of sp³-hybridized carbons (Fsp3) is 0.438. The van der Waals surface area contributed by atoms with Crippen LogP contribution < -0.4 is 15.0 Å². The van der Waals surface area contributed by atoms with Gasteiger partial charge in [-0.15, -0.1) is 0 Å². The maximum Gasteiger partial charge on any atom is 0.323 e. The second-order valence-corrected chi connectivity index (χ2v) is 5.79. The number of rotatable bonds is 5. The predicted octanol–water partition coefficient (Wildman–Crippen LogP) is 3.66. The number of piperidine rings is 1. The zero-order valence-corrected chi connectivity index (χ0v) is 13.9. The molecule has 7 heteroatoms. The Kier molecular flexibility index (Phi) is 5.12. The van der Waals surface area contributed by atoms with Crippen molar-refractivity contribution < 1.29 is 4.74 Å². The first-order valence-electron chi connectivity index (χ1n) is 7.91. The summed E-state index contributed by atoms with van der Waals surface area (Å²) in [7, 11) is 0. The number of nitrogens with zero attached hydrogens (tertiary/aromatic N) is 4. The van der Waals surface area contributed by atoms with Crippen molar-refractivity contribution in [2.24, 2.45) is 0 Å². The minimum absolute atomic E-state index is 0.347. The van der Waals surface area contributed by atoms with Crippen LogP contribution in [0, 0.1) is 0 Å². The average Bonchev–Trinajstić information content (AvgIpc) is 2.58. The number of aromatic nitrogens is 3. The Bertz CT molecular complexity index is 643. The van der Waals surface area contributed by atoms with Crippen molar-refractivity contribution in [3.8, 4) is 6.01 Å². The van der Waals surface area contributed by atoms with Gasteiger partial charge in [0, 0.05) is 23.8 Å². The first-order chi connectivity index (χ1) is 11.2. The largest absolute Gasteiger partial charge is 0.464 e. The maximum atomic E-state index is 5.91. The number of nitrogens with one attached hydrogen (secondary N) is 1. The van der Waals surface area contributed by atoms with E-state index in [9.17, 15) is 0 Å². The van der Waals surface area contributed by atoms with E-state index in [0.717, 1.165) is 31.6 Å². The lowest BCUT2D eigenvalue weighted by Gasteiger charge is -2.26. The molecule has 122 valence electrons. The minimum Gasteiger partial charge on any atom is -0.464 e. The van der Waals surface area contributed by atoms with Crippen molar-refractivity contribution in [1.29, 1.82) is 0 Å². The molecule has 0 bridgehead atoms. The van der Waals surface area contributed by atoms with Gasteiger partial charge in [0.2, 0.25) is 11.9 Å². The van der Waals surface area contributed by atoms with Crippen LogP contribution in [-0.4, -0.2) is 34.6 Å². The summed E-state index contributed by atoms with van der Waals surface area (Å²) in [6, 6.07) is 7.75. The molecule has 0 atom stereocenters. The lowest BCUT2D eigenvalue weighted by molar-refractivity contribution is 0.312. The zero-order valence-electron chi connectivity index (χ0n) is 13.1. The Balaban J connectivity index is 1.85. The Morgan fingerprint density at radius 1 is 1.09 bits per heavy atom. The topological polar surface area (TPSA) is 63.2 Å². The molecule has 1 aromatic carbocycles. The maximum absolute atomic E-state index is 5.91. The molecule has 6 nitrogen and oxygen atoms in total. The molecule has 1 fully saturated rings. The first-order valence-corrected chi connectivity index (χ1v) is 8.29. The molecule has 2 aromatic rings. The van der Waals surface area contributed by atoms with E-state index in [1.165, 1.54) is 6.42 Å². The highest BCUT2D eigenvalue weighted by molar-refractivity contribution is 6.30. The molecule has 1 N–H and O–H groups in total. The molecule has 2 heterocycles. The molecular weight excluding hydrogens is 314 g/mol. The molecule has 0 unspecified atom stereocenters. The average molecular weight is 334 g/mol. The highest BCUT2D eigenvalue weighted by Gasteiger charge is 2.16. The molecule has 0 aliphatic carbocycles. The summed E-state index contributed by atoms with van der Waals surface area (Å²) in [5.41, 5.74) is 0.868. The van der Waals surface area contributed by atoms with Crippen LogP contribution in [0.25, 0.3) is 0 Å². The van der Waals surface area contributed by atoms with Gasteiger partial charge in [-0.05, 0) is 50.5 Å². The summed E-state index contributed by atoms with van der Waals surface area (Å²) < 4.78 is 5.48. The number of ether oxygens (including phenoxy) is 1. The number of hydrogen-bond donors (Lipinski definition) is 1. The molecule has 1 aliphatic rings. The van der Waals surface area contributed by atoms with Gasteiger partial charge in [-0.1, -0.05) is 11.6 Å². The number of hydrogen-bond acceptors (Lipinski definition) is 6. The SMILES string of the molecule is CCOc1nc(Nc2ccc(Cl)cc2)nc(N2CCCCC2)n1. The van der Waals surface area contributed by atoms with Crippen molar-refractivity contribution >= 4 is 29.2 Å². The molecule has 0 saturated carbocycles. The van der Waals surface area contributed by atoms with Crippen LogP contribution in [0.1, 0.15) is 26.2 Å². The monoisotopic (exact) mass is 333 g/mol. The molecule has 0 amide bonds. The molecular formula is C16H20ClN5O. The van der Waals surface area contributed by atoms with Gasteiger partial charge < -0.3 is 15.0 Å². The van der Waals surface area contributed by atoms with Crippen LogP contribution in [0.5, 0.6) is 6.01 Å². The molecule has 0 radical (unpaired) electrons. The molecule has 1 aliphatic heterocycles. The van der Waals surface area contributed by atoms with E-state index < -0.39 is 0 Å². The van der Waals surface area contributed by atoms with Crippen LogP contribution in [0.4, 0.5) is 17.6 Å². The van der Waals surface area contributed by atoms with Crippen LogP contribution in [-0.2, 0) is 0 Å². The van der Waals surface area contributed by atoms with Gasteiger partial charge >= 0.3 is 6.01 Å². The Hall–Kier alpha value is -2.08. The van der Waals surface area contributed by atoms with Crippen molar-refractivity contribution in [1.82, 2.24) is 15.0 Å². The quantitative estimate of drug-likeness (QED) is 0.901. The van der Waals surface area contributed by atoms with Crippen molar-refractivity contribution in [3.63, 3.8) is 0 Å². The summed E-state index contributed by atoms with van der Waals surface area (Å²) in [4.78, 5) is 15.5. The van der Waals surface area contributed by atoms with Crippen molar-refractivity contribution in [3.05, 3.63) is 29.3 Å². The number of halogens is 1. The summed E-state index contributed by atoms with van der Waals surface area (Å²) in [6.45, 7) is 4.37. The van der Waals surface area contributed by atoms with Gasteiger partial charge in [-0.3, -0.25) is 0 Å². The summed E-state index contributed by atoms with van der Waals surface area (Å²) in [5, 5.41) is 3.87. The Morgan fingerprint density at radius 3 is 2.52 bits per heavy atom. The fourth-order valence-corrected chi connectivity index (χ4v) is 2.62. The smallest absolute Gasteiger partial charge is 0.323 e. The number of benzene rings is 1. The summed E-state index contributed by atoms with van der Waals surface area (Å²) >= 11 is 5.91. The minimum atomic E-state index is 0.347. The van der Waals surface area contributed by atoms with E-state index in [1.54, 1.807) is 0 Å². The normalized spacial score (nSPS) is 14.6. The van der Waals surface area contributed by atoms with E-state index in [-0.39, 0.29) is 0 Å². The van der Waals surface area contributed by atoms with Gasteiger partial charge in [-0.25, -0.2) is 0 Å². The standard InChI is InChI=1S/C16H20ClN5O/c1-2-23-16-20-14(18-13-8-6-12(17)7-9-13)19-15(21-16)22-10-4-3-5-11-22/h6-9H,2-5,10-11H2,1H3,(H,18,19,20,21). The third-order valence-corrected chi connectivity index (χ3v) is 3.87. The lowest BCUT2D eigenvalue weighted by Crippen LogP contribution is -2.31. The van der Waals surface area contributed by atoms with E-state index in [1.807, 2.05) is 31.2 Å². The second kappa shape index (κ2) is 7.46. The van der Waals surface area contributed by atoms with Crippen LogP contribution in [0.2, 0.25) is 5.02 Å². The highest BCUT2D eigenvalue weighted by Crippen LogP contribution is 2.22. The predicted molar refractivity (Wildman–Crippen MR) is 91.8 cm³/mol. The third-order valence-electron chi connectivity index (χ3n) is 3.62. The second-order valence-electron chi connectivity index (χ2n) is 5.35. The summed E-state index contributed by atoms with van der Waals surface area (Å²) in [6.07, 6.45) is 3.58. The van der Waals surface area contributed by atoms with Crippen molar-refractivity contribution in [2.75, 3.05) is 29.9 Å². The zero-order chi connectivity index (χ0) is 16.1. The molecule has 3 rings (SSSR count). The molecule has 1 saturated heterocycles. The van der Waals surface area contributed by atoms with Gasteiger partial charge in [0.05, 0.1) is 6.61 Å². The van der Waals surface area contributed by atoms with Crippen LogP contribution in [0.15, 0.2) is 24.3 Å². The van der Waals surface area contributed by atoms with E-state index >= 15 is 0 Å². The Labute approximate surface area is 140 Å². The fourth-order valence-electron chi connectivity index (χ4n) is 2.49. The molecule has 0 spiro atoms. The van der Waals surface area contributed by atoms with Gasteiger partial charge in [0.1, 0.15) is 0 Å². The Morgan fingerprint density at radius 2 is 1.83 bits per heavy atom. The van der Waals surface area contributed by atoms with Gasteiger partial charge in [0.25, 0.3) is 0 Å². The number of anilines is 3. The highest BCUT2D eigenvalue weighted by atomic mass is 35.5. The first kappa shape index (κ1) is 15.8. The van der Waals surface area contributed by atoms with Gasteiger partial charge in [-0.2, -0.15) is 15.0 Å². The van der Waals surface area contributed by atoms with E-state index in [4.69, 9.17) is 16.3 Å². The lowest BCUT2D eigenvalue weighted by atomic mass is 10.1. The molecule has 23 heavy (non-hydrogen) atoms. The van der Waals surface area contributed by atoms with Gasteiger partial charge in [0.15, 0.2) is 0 Å². The van der Waals surface area contributed by atoms with E-state index in [0.29, 0.717) is 29.5 Å². The van der Waals surface area contributed by atoms with E-state index in [2.05, 4.69) is 25.2 Å². The van der Waals surface area contributed by atoms with Crippen LogP contribution in [0.3, 0.4) is 0 Å². The summed E-state index contributed by atoms with van der Waals surface area (Å²) in [5.74, 6) is 1.14.